The molecule has 6 heteroatoms. The summed E-state index contributed by atoms with van der Waals surface area (Å²) in [7, 11) is 0. The monoisotopic (exact) mass is 514 g/mol. The number of amides is 1. The Balaban J connectivity index is 1.34. The van der Waals surface area contributed by atoms with Gasteiger partial charge < -0.3 is 9.47 Å². The topological polar surface area (TPSA) is 59.9 Å². The van der Waals surface area contributed by atoms with Crippen LogP contribution in [0.5, 0.6) is 11.5 Å². The minimum absolute atomic E-state index is 0.345. The Morgan fingerprint density at radius 1 is 0.794 bits per heavy atom. The molecule has 0 aliphatic rings. The molecule has 0 aliphatic carbocycles. The SMILES string of the molecule is O=C(N/N=C/c1cccc(OCc2cccc(Br)c2)c1)c1ccccc1OCc1ccccc1. The van der Waals surface area contributed by atoms with Gasteiger partial charge in [-0.2, -0.15) is 5.10 Å². The standard InChI is InChI=1S/C28H23BrN2O3/c29-24-12-6-11-23(16-24)20-33-25-13-7-10-22(17-25)18-30-31-28(32)26-14-4-5-15-27(26)34-19-21-8-2-1-3-9-21/h1-18H,19-20H2,(H,31,32)/b30-18+. The fourth-order valence-corrected chi connectivity index (χ4v) is 3.67. The molecule has 0 saturated carbocycles. The van der Waals surface area contributed by atoms with Crippen LogP contribution in [0.3, 0.4) is 0 Å². The number of carbonyl (C=O) groups excluding carboxylic acids is 1. The molecule has 5 nitrogen and oxygen atoms in total. The van der Waals surface area contributed by atoms with Crippen LogP contribution in [0, 0.1) is 0 Å². The zero-order valence-electron chi connectivity index (χ0n) is 18.4. The summed E-state index contributed by atoms with van der Waals surface area (Å²) in [6.45, 7) is 0.831. The number of para-hydroxylation sites is 1. The molecule has 4 aromatic rings. The summed E-state index contributed by atoms with van der Waals surface area (Å²) in [5.74, 6) is 0.874. The Kier molecular flexibility index (Phi) is 8.08. The zero-order chi connectivity index (χ0) is 23.6. The molecule has 0 saturated heterocycles. The number of hydrazone groups is 1. The van der Waals surface area contributed by atoms with Gasteiger partial charge in [-0.25, -0.2) is 5.43 Å². The van der Waals surface area contributed by atoms with Crippen LogP contribution < -0.4 is 14.9 Å². The van der Waals surface area contributed by atoms with Gasteiger partial charge in [-0.3, -0.25) is 4.79 Å². The van der Waals surface area contributed by atoms with E-state index in [1.54, 1.807) is 24.4 Å². The number of halogens is 1. The van der Waals surface area contributed by atoms with Crippen molar-refractivity contribution in [2.45, 2.75) is 13.2 Å². The molecule has 0 aromatic heterocycles. The molecule has 0 bridgehead atoms. The second-order valence-corrected chi connectivity index (χ2v) is 8.38. The molecule has 1 amide bonds. The molecular formula is C28H23BrN2O3. The van der Waals surface area contributed by atoms with Crippen molar-refractivity contribution in [3.63, 3.8) is 0 Å². The number of carbonyl (C=O) groups is 1. The number of benzene rings is 4. The van der Waals surface area contributed by atoms with E-state index in [1.165, 1.54) is 0 Å². The minimum Gasteiger partial charge on any atom is -0.489 e. The first kappa shape index (κ1) is 23.3. The molecule has 0 heterocycles. The van der Waals surface area contributed by atoms with Gasteiger partial charge in [0.1, 0.15) is 24.7 Å². The highest BCUT2D eigenvalue weighted by molar-refractivity contribution is 9.10. The lowest BCUT2D eigenvalue weighted by atomic mass is 10.2. The van der Waals surface area contributed by atoms with E-state index in [4.69, 9.17) is 9.47 Å². The van der Waals surface area contributed by atoms with Crippen LogP contribution in [-0.4, -0.2) is 12.1 Å². The maximum atomic E-state index is 12.7. The van der Waals surface area contributed by atoms with Gasteiger partial charge in [-0.15, -0.1) is 0 Å². The van der Waals surface area contributed by atoms with E-state index in [1.807, 2.05) is 84.9 Å². The summed E-state index contributed by atoms with van der Waals surface area (Å²) >= 11 is 3.47. The van der Waals surface area contributed by atoms with Gasteiger partial charge in [0.15, 0.2) is 0 Å². The lowest BCUT2D eigenvalue weighted by Gasteiger charge is -2.10. The van der Waals surface area contributed by atoms with Crippen LogP contribution in [0.25, 0.3) is 0 Å². The van der Waals surface area contributed by atoms with Gasteiger partial charge in [0.2, 0.25) is 0 Å². The van der Waals surface area contributed by atoms with E-state index in [2.05, 4.69) is 26.5 Å². The fourth-order valence-electron chi connectivity index (χ4n) is 3.22. The van der Waals surface area contributed by atoms with E-state index in [0.29, 0.717) is 24.5 Å². The third-order valence-electron chi connectivity index (χ3n) is 4.90. The average Bonchev–Trinajstić information content (AvgIpc) is 2.87. The normalized spacial score (nSPS) is 10.7. The van der Waals surface area contributed by atoms with Gasteiger partial charge in [-0.05, 0) is 53.1 Å². The van der Waals surface area contributed by atoms with Crippen molar-refractivity contribution in [2.24, 2.45) is 5.10 Å². The fraction of sp³-hybridized carbons (Fsp3) is 0.0714. The molecular weight excluding hydrogens is 492 g/mol. The summed E-state index contributed by atoms with van der Waals surface area (Å²) in [4.78, 5) is 12.7. The van der Waals surface area contributed by atoms with Crippen molar-refractivity contribution in [1.82, 2.24) is 5.43 Å². The van der Waals surface area contributed by atoms with Crippen LogP contribution in [0.15, 0.2) is 113 Å². The molecule has 1 N–H and O–H groups in total. The summed E-state index contributed by atoms with van der Waals surface area (Å²) < 4.78 is 12.8. The Morgan fingerprint density at radius 3 is 2.38 bits per heavy atom. The molecule has 0 atom stereocenters. The summed E-state index contributed by atoms with van der Waals surface area (Å²) in [6, 6.07) is 32.4. The summed E-state index contributed by atoms with van der Waals surface area (Å²) in [5.41, 5.74) is 5.89. The highest BCUT2D eigenvalue weighted by Gasteiger charge is 2.11. The Morgan fingerprint density at radius 2 is 1.53 bits per heavy atom. The maximum Gasteiger partial charge on any atom is 0.275 e. The first-order valence-electron chi connectivity index (χ1n) is 10.7. The quantitative estimate of drug-likeness (QED) is 0.208. The largest absolute Gasteiger partial charge is 0.489 e. The van der Waals surface area contributed by atoms with E-state index in [0.717, 1.165) is 26.9 Å². The van der Waals surface area contributed by atoms with E-state index in [9.17, 15) is 4.79 Å². The van der Waals surface area contributed by atoms with Crippen molar-refractivity contribution < 1.29 is 14.3 Å². The van der Waals surface area contributed by atoms with Crippen molar-refractivity contribution in [3.05, 3.63) is 130 Å². The lowest BCUT2D eigenvalue weighted by molar-refractivity contribution is 0.0950. The first-order valence-corrected chi connectivity index (χ1v) is 11.5. The minimum atomic E-state index is -0.345. The third-order valence-corrected chi connectivity index (χ3v) is 5.39. The number of hydrogen-bond donors (Lipinski definition) is 1. The van der Waals surface area contributed by atoms with Crippen molar-refractivity contribution in [3.8, 4) is 11.5 Å². The number of hydrogen-bond acceptors (Lipinski definition) is 4. The molecule has 34 heavy (non-hydrogen) atoms. The molecule has 0 fully saturated rings. The van der Waals surface area contributed by atoms with Crippen molar-refractivity contribution >= 4 is 28.1 Å². The highest BCUT2D eigenvalue weighted by atomic mass is 79.9. The molecule has 4 rings (SSSR count). The average molecular weight is 515 g/mol. The van der Waals surface area contributed by atoms with Crippen LogP contribution in [0.4, 0.5) is 0 Å². The van der Waals surface area contributed by atoms with Crippen molar-refractivity contribution in [1.29, 1.82) is 0 Å². The first-order chi connectivity index (χ1) is 16.7. The van der Waals surface area contributed by atoms with Crippen molar-refractivity contribution in [2.75, 3.05) is 0 Å². The smallest absolute Gasteiger partial charge is 0.275 e. The van der Waals surface area contributed by atoms with Gasteiger partial charge >= 0.3 is 0 Å². The lowest BCUT2D eigenvalue weighted by Crippen LogP contribution is -2.18. The molecule has 4 aromatic carbocycles. The Labute approximate surface area is 207 Å². The van der Waals surface area contributed by atoms with Gasteiger partial charge in [-0.1, -0.05) is 82.7 Å². The Bertz CT molecular complexity index is 1280. The molecule has 0 unspecified atom stereocenters. The van der Waals surface area contributed by atoms with Gasteiger partial charge in [0.05, 0.1) is 11.8 Å². The zero-order valence-corrected chi connectivity index (χ0v) is 19.9. The maximum absolute atomic E-state index is 12.7. The number of rotatable bonds is 9. The van der Waals surface area contributed by atoms with Crippen LogP contribution in [0.1, 0.15) is 27.0 Å². The predicted octanol–water partition coefficient (Wildman–Crippen LogP) is 6.37. The van der Waals surface area contributed by atoms with E-state index >= 15 is 0 Å². The molecule has 0 radical (unpaired) electrons. The Hall–Kier alpha value is -3.90. The second kappa shape index (κ2) is 11.8. The summed E-state index contributed by atoms with van der Waals surface area (Å²) in [5, 5.41) is 4.11. The number of nitrogens with zero attached hydrogens (tertiary/aromatic N) is 1. The van der Waals surface area contributed by atoms with Crippen LogP contribution in [0.2, 0.25) is 0 Å². The predicted molar refractivity (Wildman–Crippen MR) is 137 cm³/mol. The number of ether oxygens (including phenoxy) is 2. The highest BCUT2D eigenvalue weighted by Crippen LogP contribution is 2.20. The molecule has 170 valence electrons. The molecule has 0 spiro atoms. The van der Waals surface area contributed by atoms with E-state index < -0.39 is 0 Å². The van der Waals surface area contributed by atoms with E-state index in [-0.39, 0.29) is 5.91 Å². The van der Waals surface area contributed by atoms with Crippen LogP contribution in [-0.2, 0) is 13.2 Å². The number of nitrogens with one attached hydrogen (secondary N) is 1. The van der Waals surface area contributed by atoms with Gasteiger partial charge in [0, 0.05) is 4.47 Å². The third kappa shape index (κ3) is 6.80. The second-order valence-electron chi connectivity index (χ2n) is 7.46. The van der Waals surface area contributed by atoms with Crippen LogP contribution >= 0.6 is 15.9 Å². The summed E-state index contributed by atoms with van der Waals surface area (Å²) in [6.07, 6.45) is 1.58. The van der Waals surface area contributed by atoms with Gasteiger partial charge in [0.25, 0.3) is 5.91 Å². The molecule has 0 aliphatic heterocycles.